The van der Waals surface area contributed by atoms with E-state index in [1.165, 1.54) is 85.4 Å². The molecular weight excluding hydrogens is 1700 g/mol. The summed E-state index contributed by atoms with van der Waals surface area (Å²) < 4.78 is 49.7. The zero-order chi connectivity index (χ0) is 92.5. The molecule has 0 radical (unpaired) electrons. The number of aromatic nitrogens is 1. The van der Waals surface area contributed by atoms with Crippen LogP contribution in [0, 0.1) is 28.8 Å². The third kappa shape index (κ3) is 23.9. The van der Waals surface area contributed by atoms with Crippen LogP contribution in [-0.2, 0) is 36.1 Å². The minimum Gasteiger partial charge on any atom is -0.381 e. The summed E-state index contributed by atoms with van der Waals surface area (Å²) in [7, 11) is -3.40. The van der Waals surface area contributed by atoms with Crippen LogP contribution >= 0.6 is 11.3 Å². The second-order valence-electron chi connectivity index (χ2n) is 37.6. The number of benzene rings is 7. The number of sulfone groups is 1. The number of ether oxygens (including phenoxy) is 2. The number of anilines is 6. The molecule has 0 bridgehead atoms. The molecule has 2 atom stereocenters. The number of piperazine rings is 2. The highest BCUT2D eigenvalue weighted by Crippen LogP contribution is 2.43. The maximum Gasteiger partial charge on any atom is 0.322 e. The van der Waals surface area contributed by atoms with E-state index < -0.39 is 20.6 Å². The molecule has 1 saturated carbocycles. The van der Waals surface area contributed by atoms with Gasteiger partial charge in [-0.3, -0.25) is 44.0 Å². The first-order chi connectivity index (χ1) is 63.8. The molecule has 25 nitrogen and oxygen atoms in total. The van der Waals surface area contributed by atoms with Crippen LogP contribution in [0.2, 0.25) is 0 Å². The van der Waals surface area contributed by atoms with Gasteiger partial charge in [0, 0.05) is 171 Å². The van der Waals surface area contributed by atoms with E-state index in [2.05, 4.69) is 177 Å². The summed E-state index contributed by atoms with van der Waals surface area (Å²) in [5.74, 6) is 1.22. The van der Waals surface area contributed by atoms with Crippen LogP contribution in [-0.4, -0.2) is 236 Å². The number of morpholine rings is 1. The van der Waals surface area contributed by atoms with E-state index >= 15 is 0 Å². The van der Waals surface area contributed by atoms with Crippen molar-refractivity contribution >= 4 is 90.7 Å². The van der Waals surface area contributed by atoms with E-state index in [0.29, 0.717) is 106 Å². The molecule has 1 unspecified atom stereocenters. The summed E-state index contributed by atoms with van der Waals surface area (Å²) in [4.78, 5) is 102. The van der Waals surface area contributed by atoms with Gasteiger partial charge >= 0.3 is 6.03 Å². The van der Waals surface area contributed by atoms with Gasteiger partial charge in [-0.05, 0) is 232 Å². The number of para-hydroxylation sites is 1. The number of aryl methyl sites for hydroxylation is 1. The largest absolute Gasteiger partial charge is 0.381 e. The lowest BCUT2D eigenvalue weighted by atomic mass is 9.77. The van der Waals surface area contributed by atoms with Crippen LogP contribution in [0.25, 0.3) is 11.1 Å². The Balaban J connectivity index is 0.000000136. The number of carbonyl (C=O) groups excluding carboxylic acids is 5. The zero-order valence-corrected chi connectivity index (χ0v) is 79.0. The van der Waals surface area contributed by atoms with Gasteiger partial charge in [-0.25, -0.2) is 22.6 Å². The predicted octanol–water partition coefficient (Wildman–Crippen LogP) is 16.9. The highest BCUT2D eigenvalue weighted by molar-refractivity contribution is 7.90. The fraction of sp³-hybridized carbons (Fsp3) is 0.462. The first-order valence-corrected chi connectivity index (χ1v) is 50.2. The summed E-state index contributed by atoms with van der Waals surface area (Å²) in [6, 6.07) is 59.6. The van der Waals surface area contributed by atoms with Crippen molar-refractivity contribution in [1.82, 2.24) is 35.2 Å². The Morgan fingerprint density at radius 3 is 1.89 bits per heavy atom. The minimum absolute atomic E-state index is 0.0193. The van der Waals surface area contributed by atoms with Crippen molar-refractivity contribution in [3.8, 4) is 11.1 Å². The van der Waals surface area contributed by atoms with Gasteiger partial charge in [0.25, 0.3) is 17.5 Å². The summed E-state index contributed by atoms with van der Waals surface area (Å²) in [5, 5.41) is 21.7. The molecular formula is C104H129FN14O11S2. The van der Waals surface area contributed by atoms with Crippen LogP contribution in [0.15, 0.2) is 204 Å². The number of thiophene rings is 1. The van der Waals surface area contributed by atoms with Crippen molar-refractivity contribution in [3.63, 3.8) is 0 Å². The molecule has 700 valence electrons. The number of hydrogen-bond donors (Lipinski definition) is 2. The SMILES string of the molecule is CC(=O)c1ccc(N2CCN(C(=O)c3cc([N+](=O)[O-])ccc3N3CCCCC3)CC2)c(F)c1.CC(C)(C)c1ccc(CN2CCC(CN(C(=O)NC3CCOCC3)c3ccc(N4CCOCC4)nc3)CC2)cc1.Cc1ccc(N2CCN(C(=O)c3cc(S(C)(=O)=O)ccc3-c3ccsc3)CC2)cc1.O=C1NCN(c2ccccc2)C12CCN(C1CCCC[C@@H]1c1ccccc1)CC2. The Morgan fingerprint density at radius 2 is 1.27 bits per heavy atom. The van der Waals surface area contributed by atoms with Gasteiger partial charge in [-0.2, -0.15) is 11.3 Å². The van der Waals surface area contributed by atoms with Crippen LogP contribution in [0.3, 0.4) is 0 Å². The number of rotatable bonds is 19. The Kier molecular flexibility index (Phi) is 31.9. The smallest absolute Gasteiger partial charge is 0.322 e. The minimum atomic E-state index is -3.40. The van der Waals surface area contributed by atoms with Gasteiger partial charge in [0.05, 0.1) is 58.5 Å². The lowest BCUT2D eigenvalue weighted by molar-refractivity contribution is -0.384. The van der Waals surface area contributed by atoms with E-state index in [-0.39, 0.29) is 57.1 Å². The molecule has 7 aromatic carbocycles. The number of pyridine rings is 1. The monoisotopic (exact) mass is 1830 g/mol. The molecule has 28 heteroatoms. The Labute approximate surface area is 781 Å². The molecule has 5 amide bonds. The lowest BCUT2D eigenvalue weighted by Gasteiger charge is -2.48. The van der Waals surface area contributed by atoms with E-state index in [1.807, 2.05) is 49.9 Å². The summed E-state index contributed by atoms with van der Waals surface area (Å²) in [6.45, 7) is 27.1. The number of nitrogens with zero attached hydrogens (tertiary/aromatic N) is 12. The van der Waals surface area contributed by atoms with Crippen LogP contribution in [0.1, 0.15) is 170 Å². The molecule has 1 aliphatic carbocycles. The standard InChI is InChI=1S/C32H47N5O3.C25H31N3O.C24H27FN4O4.C23H24N2O3S2/c1-32(2,3)27-6-4-25(5-7-27)23-35-14-10-26(11-15-35)24-37(31(38)34-28-12-18-39-19-13-28)29-8-9-30(33-22-29)36-16-20-40-21-17-36;29-24-25(28(19-26-24)21-11-5-2-6-12-21)15-17-27(18-16-25)23-14-8-7-13-22(23)20-9-3-1-4-10-20;1-17(30)18-5-7-23(21(25)15-18)27-11-13-28(14-12-27)24(31)20-16-19(29(32)33)6-8-22(20)26-9-3-2-4-10-26;1-17-3-5-19(6-4-17)24-10-12-25(13-11-24)23(26)22-15-20(30(2,27)28)7-8-21(22)18-9-14-29-16-18/h4-9,22,26,28H,10-21,23-24H2,1-3H3,(H,34,38);1-6,9-12,22-23H,7-8,13-19H2,(H,26,29);5-8,15-16H,2-4,9-14H2,1H3;3-9,14-16H,10-13H2,1-2H3/t;22-,23?;;/m.1../s1. The number of halogens is 1. The Hall–Kier alpha value is -11.1. The van der Waals surface area contributed by atoms with Crippen molar-refractivity contribution in [2.75, 3.05) is 180 Å². The van der Waals surface area contributed by atoms with Crippen LogP contribution in [0.4, 0.5) is 49.1 Å². The highest BCUT2D eigenvalue weighted by Gasteiger charge is 2.52. The summed E-state index contributed by atoms with van der Waals surface area (Å²) in [5.41, 5.74) is 12.3. The average molecular weight is 1830 g/mol. The zero-order valence-electron chi connectivity index (χ0n) is 77.4. The molecule has 10 heterocycles. The normalized spacial score (nSPS) is 19.5. The van der Waals surface area contributed by atoms with E-state index in [4.69, 9.17) is 14.5 Å². The number of urea groups is 1. The van der Waals surface area contributed by atoms with E-state index in [1.54, 1.807) is 46.6 Å². The van der Waals surface area contributed by atoms with Gasteiger partial charge < -0.3 is 54.4 Å². The number of carbonyl (C=O) groups is 5. The number of hydrogen-bond acceptors (Lipinski definition) is 20. The van der Waals surface area contributed by atoms with Gasteiger partial charge in [-0.1, -0.05) is 130 Å². The number of ketones is 1. The van der Waals surface area contributed by atoms with Gasteiger partial charge in [0.15, 0.2) is 15.6 Å². The van der Waals surface area contributed by atoms with Crippen molar-refractivity contribution in [2.24, 2.45) is 5.92 Å². The number of piperidine rings is 3. The molecule has 18 rings (SSSR count). The fourth-order valence-electron chi connectivity index (χ4n) is 20.0. The highest BCUT2D eigenvalue weighted by atomic mass is 32.2. The topological polar surface area (TPSA) is 250 Å². The second-order valence-corrected chi connectivity index (χ2v) is 40.4. The van der Waals surface area contributed by atoms with Gasteiger partial charge in [0.2, 0.25) is 5.91 Å². The fourth-order valence-corrected chi connectivity index (χ4v) is 21.3. The quantitative estimate of drug-likeness (QED) is 0.0434. The second kappa shape index (κ2) is 44.1. The number of nitrogens with one attached hydrogen (secondary N) is 2. The summed E-state index contributed by atoms with van der Waals surface area (Å²) >= 11 is 1.55. The van der Waals surface area contributed by atoms with Crippen molar-refractivity contribution in [3.05, 3.63) is 254 Å². The number of non-ortho nitro benzene ring substituents is 1. The number of nitro benzene ring substituents is 1. The molecule has 2 aromatic heterocycles. The number of likely N-dealkylation sites (tertiary alicyclic amines) is 2. The molecule has 8 saturated heterocycles. The molecule has 8 aliphatic heterocycles. The van der Waals surface area contributed by atoms with E-state index in [9.17, 15) is 46.9 Å². The summed E-state index contributed by atoms with van der Waals surface area (Å²) in [6.07, 6.45) is 17.2. The Morgan fingerprint density at radius 1 is 0.629 bits per heavy atom. The molecule has 9 aromatic rings. The van der Waals surface area contributed by atoms with Crippen LogP contribution in [0.5, 0.6) is 0 Å². The lowest BCUT2D eigenvalue weighted by Crippen LogP contribution is -2.58. The molecule has 1 spiro atoms. The average Bonchev–Trinajstić information content (AvgIpc) is 1.63. The number of nitro groups is 1. The van der Waals surface area contributed by atoms with Gasteiger partial charge in [-0.15, -0.1) is 0 Å². The van der Waals surface area contributed by atoms with Crippen LogP contribution < -0.4 is 40.0 Å². The third-order valence-corrected chi connectivity index (χ3v) is 29.6. The third-order valence-electron chi connectivity index (χ3n) is 27.8. The van der Waals surface area contributed by atoms with E-state index in [0.717, 1.165) is 183 Å². The first kappa shape index (κ1) is 95.5. The molecule has 132 heavy (non-hydrogen) atoms. The first-order valence-electron chi connectivity index (χ1n) is 47.3. The maximum atomic E-state index is 14.6. The molecule has 9 aliphatic rings. The van der Waals surface area contributed by atoms with Crippen molar-refractivity contribution in [2.45, 2.75) is 158 Å². The van der Waals surface area contributed by atoms with Crippen molar-refractivity contribution in [1.29, 1.82) is 0 Å². The van der Waals surface area contributed by atoms with Crippen molar-refractivity contribution < 1.29 is 51.2 Å². The Bertz CT molecular complexity index is 5470. The predicted molar refractivity (Wildman–Crippen MR) is 523 cm³/mol. The molecule has 2 N–H and O–H groups in total. The number of Topliss-reactive ketones (excluding diaryl/α,β-unsaturated/α-hetero) is 1. The molecule has 9 fully saturated rings. The number of amides is 5. The van der Waals surface area contributed by atoms with Gasteiger partial charge in [0.1, 0.15) is 17.2 Å². The maximum absolute atomic E-state index is 14.6.